The lowest BCUT2D eigenvalue weighted by Gasteiger charge is -2.09. The van der Waals surface area contributed by atoms with Crippen molar-refractivity contribution in [2.24, 2.45) is 7.05 Å². The molecule has 0 aliphatic carbocycles. The summed E-state index contributed by atoms with van der Waals surface area (Å²) in [5, 5.41) is 21.6. The first-order chi connectivity index (χ1) is 14.0. The zero-order valence-electron chi connectivity index (χ0n) is 15.7. The van der Waals surface area contributed by atoms with Crippen molar-refractivity contribution in [3.05, 3.63) is 59.3 Å². The Balaban J connectivity index is 1.75. The van der Waals surface area contributed by atoms with Crippen molar-refractivity contribution in [2.45, 2.75) is 13.5 Å². The van der Waals surface area contributed by atoms with Crippen molar-refractivity contribution in [3.8, 4) is 28.8 Å². The van der Waals surface area contributed by atoms with Crippen molar-refractivity contribution < 1.29 is 4.39 Å². The molecule has 3 aromatic heterocycles. The monoisotopic (exact) mass is 389 g/mol. The molecule has 0 fully saturated rings. The van der Waals surface area contributed by atoms with E-state index in [4.69, 9.17) is 5.73 Å². The van der Waals surface area contributed by atoms with Crippen LogP contribution in [0.3, 0.4) is 0 Å². The van der Waals surface area contributed by atoms with E-state index in [0.717, 1.165) is 5.69 Å². The van der Waals surface area contributed by atoms with Gasteiger partial charge in [-0.3, -0.25) is 4.68 Å². The molecule has 1 aromatic carbocycles. The summed E-state index contributed by atoms with van der Waals surface area (Å²) in [5.41, 5.74) is 8.51. The number of aromatic nitrogens is 7. The third-order valence-corrected chi connectivity index (χ3v) is 4.45. The van der Waals surface area contributed by atoms with Gasteiger partial charge in [-0.05, 0) is 24.6 Å². The molecular weight excluding hydrogens is 373 g/mol. The predicted octanol–water partition coefficient (Wildman–Crippen LogP) is 2.09. The highest BCUT2D eigenvalue weighted by Crippen LogP contribution is 2.28. The molecule has 0 amide bonds. The van der Waals surface area contributed by atoms with E-state index in [0.29, 0.717) is 23.2 Å². The second-order valence-corrected chi connectivity index (χ2v) is 6.47. The van der Waals surface area contributed by atoms with Crippen LogP contribution in [0, 0.1) is 24.1 Å². The largest absolute Gasteiger partial charge is 0.381 e. The van der Waals surface area contributed by atoms with E-state index < -0.39 is 5.82 Å². The standard InChI is InChI=1S/C19H16FN9/c1-11-12(8-21)4-3-5-14(11)19-23-17(16(20)18(22)24-19)15-10-29(27-25-15)9-13-6-7-28(2)26-13/h3-7,10H,9H2,1-2H3,(H2,22,23,24). The van der Waals surface area contributed by atoms with E-state index in [1.165, 1.54) is 4.68 Å². The van der Waals surface area contributed by atoms with Gasteiger partial charge in [0.15, 0.2) is 17.5 Å². The topological polar surface area (TPSA) is 124 Å². The highest BCUT2D eigenvalue weighted by atomic mass is 19.1. The number of nitriles is 1. The minimum Gasteiger partial charge on any atom is -0.381 e. The van der Waals surface area contributed by atoms with Gasteiger partial charge in [-0.1, -0.05) is 17.3 Å². The molecule has 0 saturated heterocycles. The zero-order valence-corrected chi connectivity index (χ0v) is 15.7. The normalized spacial score (nSPS) is 10.8. The first-order valence-corrected chi connectivity index (χ1v) is 8.68. The quantitative estimate of drug-likeness (QED) is 0.566. The molecule has 0 aliphatic rings. The Morgan fingerprint density at radius 2 is 2.07 bits per heavy atom. The summed E-state index contributed by atoms with van der Waals surface area (Å²) in [7, 11) is 1.82. The third kappa shape index (κ3) is 3.41. The van der Waals surface area contributed by atoms with Crippen LogP contribution in [0.15, 0.2) is 36.7 Å². The number of nitrogens with two attached hydrogens (primary N) is 1. The van der Waals surface area contributed by atoms with Gasteiger partial charge < -0.3 is 5.73 Å². The molecule has 10 heteroatoms. The van der Waals surface area contributed by atoms with Gasteiger partial charge in [-0.2, -0.15) is 10.4 Å². The SMILES string of the molecule is Cc1c(C#N)cccc1-c1nc(N)c(F)c(-c2cn(Cc3ccn(C)n3)nn2)n1. The smallest absolute Gasteiger partial charge is 0.193 e. The van der Waals surface area contributed by atoms with E-state index in [1.54, 1.807) is 36.0 Å². The number of nitrogen functional groups attached to an aromatic ring is 1. The van der Waals surface area contributed by atoms with E-state index in [2.05, 4.69) is 31.4 Å². The molecule has 0 aliphatic heterocycles. The maximum absolute atomic E-state index is 14.7. The molecule has 0 atom stereocenters. The minimum atomic E-state index is -0.771. The van der Waals surface area contributed by atoms with Gasteiger partial charge in [0.25, 0.3) is 0 Å². The second kappa shape index (κ2) is 7.12. The third-order valence-electron chi connectivity index (χ3n) is 4.45. The molecule has 3 heterocycles. The second-order valence-electron chi connectivity index (χ2n) is 6.47. The van der Waals surface area contributed by atoms with Crippen molar-refractivity contribution in [1.29, 1.82) is 5.26 Å². The number of benzene rings is 1. The summed E-state index contributed by atoms with van der Waals surface area (Å²) in [5.74, 6) is -0.855. The lowest BCUT2D eigenvalue weighted by molar-refractivity contribution is 0.622. The average molecular weight is 389 g/mol. The summed E-state index contributed by atoms with van der Waals surface area (Å²) >= 11 is 0. The van der Waals surface area contributed by atoms with Crippen LogP contribution in [-0.2, 0) is 13.6 Å². The fourth-order valence-electron chi connectivity index (χ4n) is 2.95. The number of hydrogen-bond donors (Lipinski definition) is 1. The molecule has 2 N–H and O–H groups in total. The van der Waals surface area contributed by atoms with Gasteiger partial charge in [-0.25, -0.2) is 19.0 Å². The molecule has 0 unspecified atom stereocenters. The van der Waals surface area contributed by atoms with Crippen LogP contribution in [0.5, 0.6) is 0 Å². The Hall–Kier alpha value is -4.13. The van der Waals surface area contributed by atoms with Crippen molar-refractivity contribution in [1.82, 2.24) is 34.7 Å². The average Bonchev–Trinajstić information content (AvgIpc) is 3.33. The van der Waals surface area contributed by atoms with Gasteiger partial charge in [-0.15, -0.1) is 5.10 Å². The maximum atomic E-state index is 14.7. The van der Waals surface area contributed by atoms with Gasteiger partial charge in [0.05, 0.1) is 30.1 Å². The Morgan fingerprint density at radius 1 is 1.24 bits per heavy atom. The minimum absolute atomic E-state index is 0.0541. The Labute approximate surface area is 165 Å². The van der Waals surface area contributed by atoms with E-state index >= 15 is 0 Å². The fraction of sp³-hybridized carbons (Fsp3) is 0.158. The Morgan fingerprint density at radius 3 is 2.79 bits per heavy atom. The Bertz CT molecular complexity index is 1250. The van der Waals surface area contributed by atoms with Crippen molar-refractivity contribution in [3.63, 3.8) is 0 Å². The van der Waals surface area contributed by atoms with Gasteiger partial charge >= 0.3 is 0 Å². The van der Waals surface area contributed by atoms with Crippen LogP contribution >= 0.6 is 0 Å². The van der Waals surface area contributed by atoms with Crippen LogP contribution in [0.1, 0.15) is 16.8 Å². The number of nitrogens with zero attached hydrogens (tertiary/aromatic N) is 8. The number of halogens is 1. The summed E-state index contributed by atoms with van der Waals surface area (Å²) < 4.78 is 17.9. The molecule has 4 rings (SSSR count). The highest BCUT2D eigenvalue weighted by molar-refractivity contribution is 5.69. The molecule has 9 nitrogen and oxygen atoms in total. The number of anilines is 1. The zero-order chi connectivity index (χ0) is 20.5. The molecule has 0 saturated carbocycles. The maximum Gasteiger partial charge on any atom is 0.193 e. The van der Waals surface area contributed by atoms with Crippen LogP contribution < -0.4 is 5.73 Å². The molecule has 4 aromatic rings. The first kappa shape index (κ1) is 18.2. The summed E-state index contributed by atoms with van der Waals surface area (Å²) in [6, 6.07) is 9.13. The molecule has 29 heavy (non-hydrogen) atoms. The highest BCUT2D eigenvalue weighted by Gasteiger charge is 2.19. The first-order valence-electron chi connectivity index (χ1n) is 8.68. The molecule has 0 spiro atoms. The lowest BCUT2D eigenvalue weighted by atomic mass is 10.0. The van der Waals surface area contributed by atoms with E-state index in [-0.39, 0.29) is 23.0 Å². The van der Waals surface area contributed by atoms with Crippen molar-refractivity contribution in [2.75, 3.05) is 5.73 Å². The van der Waals surface area contributed by atoms with E-state index in [9.17, 15) is 9.65 Å². The predicted molar refractivity (Wildman–Crippen MR) is 103 cm³/mol. The molecule has 0 bridgehead atoms. The van der Waals surface area contributed by atoms with E-state index in [1.807, 2.05) is 19.3 Å². The number of aryl methyl sites for hydroxylation is 1. The fourth-order valence-corrected chi connectivity index (χ4v) is 2.95. The Kier molecular flexibility index (Phi) is 4.48. The lowest BCUT2D eigenvalue weighted by Crippen LogP contribution is -2.04. The summed E-state index contributed by atoms with van der Waals surface area (Å²) in [6.45, 7) is 2.16. The van der Waals surface area contributed by atoms with Crippen LogP contribution in [0.2, 0.25) is 0 Å². The van der Waals surface area contributed by atoms with Crippen LogP contribution in [0.4, 0.5) is 10.2 Å². The van der Waals surface area contributed by atoms with Crippen LogP contribution in [0.25, 0.3) is 22.8 Å². The number of rotatable bonds is 4. The van der Waals surface area contributed by atoms with Gasteiger partial charge in [0, 0.05) is 18.8 Å². The summed E-state index contributed by atoms with van der Waals surface area (Å²) in [4.78, 5) is 8.38. The van der Waals surface area contributed by atoms with Crippen molar-refractivity contribution >= 4 is 5.82 Å². The number of hydrogen-bond acceptors (Lipinski definition) is 7. The summed E-state index contributed by atoms with van der Waals surface area (Å²) in [6.07, 6.45) is 3.39. The molecule has 144 valence electrons. The van der Waals surface area contributed by atoms with Gasteiger partial charge in [0.2, 0.25) is 0 Å². The molecule has 0 radical (unpaired) electrons. The van der Waals surface area contributed by atoms with Crippen LogP contribution in [-0.4, -0.2) is 34.7 Å². The van der Waals surface area contributed by atoms with Gasteiger partial charge in [0.1, 0.15) is 11.4 Å². The molecular formula is C19H16FN9.